The van der Waals surface area contributed by atoms with Crippen LogP contribution in [-0.4, -0.2) is 9.97 Å². The van der Waals surface area contributed by atoms with Gasteiger partial charge in [0.05, 0.1) is 0 Å². The third-order valence-electron chi connectivity index (χ3n) is 1.44. The molecule has 54 valence electrons. The van der Waals surface area contributed by atoms with Crippen LogP contribution in [0.3, 0.4) is 0 Å². The highest BCUT2D eigenvalue weighted by Crippen LogP contribution is 2.01. The molecule has 0 aliphatic carbocycles. The summed E-state index contributed by atoms with van der Waals surface area (Å²) < 4.78 is 0. The summed E-state index contributed by atoms with van der Waals surface area (Å²) in [5.41, 5.74) is 7.55. The van der Waals surface area contributed by atoms with E-state index in [-0.39, 0.29) is 0 Å². The number of nitrogens with two attached hydrogens (primary N) is 1. The molecule has 1 rings (SSSR count). The van der Waals surface area contributed by atoms with E-state index >= 15 is 0 Å². The van der Waals surface area contributed by atoms with Crippen LogP contribution in [0.15, 0.2) is 12.5 Å². The Balaban J connectivity index is 2.96. The van der Waals surface area contributed by atoms with Gasteiger partial charge in [-0.25, -0.2) is 9.97 Å². The lowest BCUT2D eigenvalue weighted by Crippen LogP contribution is -2.03. The second-order valence-electron chi connectivity index (χ2n) is 2.05. The number of hydrogen-bond acceptors (Lipinski definition) is 3. The SMILES string of the molecule is CCc1ncncc1CN. The third kappa shape index (κ3) is 1.30. The minimum atomic E-state index is 0.532. The molecule has 0 bridgehead atoms. The molecule has 1 aromatic heterocycles. The van der Waals surface area contributed by atoms with E-state index in [9.17, 15) is 0 Å². The highest BCUT2D eigenvalue weighted by molar-refractivity contribution is 5.14. The van der Waals surface area contributed by atoms with Crippen molar-refractivity contribution >= 4 is 0 Å². The van der Waals surface area contributed by atoms with Gasteiger partial charge in [-0.05, 0) is 6.42 Å². The standard InChI is InChI=1S/C7H11N3/c1-2-7-6(3-8)4-9-5-10-7/h4-5H,2-3,8H2,1H3. The van der Waals surface area contributed by atoms with E-state index in [1.54, 1.807) is 12.5 Å². The first-order valence-electron chi connectivity index (χ1n) is 3.36. The van der Waals surface area contributed by atoms with Gasteiger partial charge in [-0.2, -0.15) is 0 Å². The van der Waals surface area contributed by atoms with Crippen LogP contribution in [0.4, 0.5) is 0 Å². The minimum Gasteiger partial charge on any atom is -0.326 e. The lowest BCUT2D eigenvalue weighted by molar-refractivity contribution is 0.914. The van der Waals surface area contributed by atoms with Gasteiger partial charge in [0.1, 0.15) is 6.33 Å². The van der Waals surface area contributed by atoms with Gasteiger partial charge in [0.15, 0.2) is 0 Å². The Hall–Kier alpha value is -0.960. The summed E-state index contributed by atoms with van der Waals surface area (Å²) in [7, 11) is 0. The molecule has 0 aliphatic heterocycles. The Morgan fingerprint density at radius 1 is 1.60 bits per heavy atom. The van der Waals surface area contributed by atoms with Gasteiger partial charge in [0.25, 0.3) is 0 Å². The molecule has 3 nitrogen and oxygen atoms in total. The van der Waals surface area contributed by atoms with Crippen LogP contribution in [0.2, 0.25) is 0 Å². The molecule has 0 saturated heterocycles. The fourth-order valence-corrected chi connectivity index (χ4v) is 0.873. The van der Waals surface area contributed by atoms with Crippen molar-refractivity contribution in [3.05, 3.63) is 23.8 Å². The summed E-state index contributed by atoms with van der Waals surface area (Å²) in [4.78, 5) is 7.95. The molecular formula is C7H11N3. The van der Waals surface area contributed by atoms with Gasteiger partial charge >= 0.3 is 0 Å². The summed E-state index contributed by atoms with van der Waals surface area (Å²) >= 11 is 0. The molecule has 0 radical (unpaired) electrons. The van der Waals surface area contributed by atoms with Gasteiger partial charge in [0, 0.05) is 24.0 Å². The number of aryl methyl sites for hydroxylation is 1. The zero-order valence-electron chi connectivity index (χ0n) is 6.04. The van der Waals surface area contributed by atoms with Crippen molar-refractivity contribution in [3.63, 3.8) is 0 Å². The Morgan fingerprint density at radius 3 is 2.90 bits per heavy atom. The van der Waals surface area contributed by atoms with Crippen LogP contribution in [0.5, 0.6) is 0 Å². The van der Waals surface area contributed by atoms with Crippen LogP contribution in [0.1, 0.15) is 18.2 Å². The number of nitrogens with zero attached hydrogens (tertiary/aromatic N) is 2. The molecule has 2 N–H and O–H groups in total. The van der Waals surface area contributed by atoms with Crippen molar-refractivity contribution in [1.29, 1.82) is 0 Å². The van der Waals surface area contributed by atoms with Gasteiger partial charge in [0.2, 0.25) is 0 Å². The summed E-state index contributed by atoms with van der Waals surface area (Å²) in [6, 6.07) is 0. The van der Waals surface area contributed by atoms with Gasteiger partial charge in [-0.1, -0.05) is 6.92 Å². The Kier molecular flexibility index (Phi) is 2.34. The molecule has 0 atom stereocenters. The zero-order chi connectivity index (χ0) is 7.40. The van der Waals surface area contributed by atoms with Crippen molar-refractivity contribution in [2.75, 3.05) is 0 Å². The van der Waals surface area contributed by atoms with E-state index in [1.165, 1.54) is 0 Å². The lowest BCUT2D eigenvalue weighted by Gasteiger charge is -2.00. The van der Waals surface area contributed by atoms with Crippen LogP contribution in [0.25, 0.3) is 0 Å². The first-order valence-corrected chi connectivity index (χ1v) is 3.36. The van der Waals surface area contributed by atoms with E-state index in [1.807, 2.05) is 0 Å². The molecule has 0 amide bonds. The van der Waals surface area contributed by atoms with Crippen molar-refractivity contribution in [2.45, 2.75) is 19.9 Å². The Bertz CT molecular complexity index is 187. The average molecular weight is 137 g/mol. The second-order valence-corrected chi connectivity index (χ2v) is 2.05. The molecule has 1 aromatic rings. The fraction of sp³-hybridized carbons (Fsp3) is 0.429. The predicted molar refractivity (Wildman–Crippen MR) is 39.3 cm³/mol. The Labute approximate surface area is 60.3 Å². The molecular weight excluding hydrogens is 126 g/mol. The van der Waals surface area contributed by atoms with E-state index in [0.717, 1.165) is 17.7 Å². The maximum absolute atomic E-state index is 5.45. The summed E-state index contributed by atoms with van der Waals surface area (Å²) in [6.45, 7) is 2.59. The molecule has 1 heterocycles. The number of aromatic nitrogens is 2. The van der Waals surface area contributed by atoms with Gasteiger partial charge in [-0.15, -0.1) is 0 Å². The molecule has 3 heteroatoms. The maximum Gasteiger partial charge on any atom is 0.115 e. The quantitative estimate of drug-likeness (QED) is 0.645. The van der Waals surface area contributed by atoms with Crippen molar-refractivity contribution < 1.29 is 0 Å². The van der Waals surface area contributed by atoms with E-state index in [0.29, 0.717) is 6.54 Å². The predicted octanol–water partition coefficient (Wildman–Crippen LogP) is 0.498. The van der Waals surface area contributed by atoms with Crippen molar-refractivity contribution in [2.24, 2.45) is 5.73 Å². The molecule has 0 fully saturated rings. The highest BCUT2D eigenvalue weighted by Gasteiger charge is 1.96. The fourth-order valence-electron chi connectivity index (χ4n) is 0.873. The maximum atomic E-state index is 5.45. The number of rotatable bonds is 2. The molecule has 0 spiro atoms. The molecule has 0 aliphatic rings. The topological polar surface area (TPSA) is 51.8 Å². The van der Waals surface area contributed by atoms with E-state index in [2.05, 4.69) is 16.9 Å². The first-order chi connectivity index (χ1) is 4.88. The molecule has 0 aromatic carbocycles. The summed E-state index contributed by atoms with van der Waals surface area (Å²) in [5, 5.41) is 0. The first kappa shape index (κ1) is 7.15. The smallest absolute Gasteiger partial charge is 0.115 e. The largest absolute Gasteiger partial charge is 0.326 e. The van der Waals surface area contributed by atoms with Crippen molar-refractivity contribution in [1.82, 2.24) is 9.97 Å². The lowest BCUT2D eigenvalue weighted by atomic mass is 10.2. The average Bonchev–Trinajstić information content (AvgIpc) is 2.04. The summed E-state index contributed by atoms with van der Waals surface area (Å²) in [5.74, 6) is 0. The molecule has 0 unspecified atom stereocenters. The van der Waals surface area contributed by atoms with Crippen LogP contribution >= 0.6 is 0 Å². The monoisotopic (exact) mass is 137 g/mol. The molecule has 10 heavy (non-hydrogen) atoms. The Morgan fingerprint density at radius 2 is 2.40 bits per heavy atom. The minimum absolute atomic E-state index is 0.532. The summed E-state index contributed by atoms with van der Waals surface area (Å²) in [6.07, 6.45) is 4.25. The van der Waals surface area contributed by atoms with Gasteiger partial charge in [-0.3, -0.25) is 0 Å². The van der Waals surface area contributed by atoms with Crippen LogP contribution in [0, 0.1) is 0 Å². The van der Waals surface area contributed by atoms with Crippen LogP contribution in [-0.2, 0) is 13.0 Å². The van der Waals surface area contributed by atoms with Crippen molar-refractivity contribution in [3.8, 4) is 0 Å². The van der Waals surface area contributed by atoms with E-state index in [4.69, 9.17) is 5.73 Å². The number of hydrogen-bond donors (Lipinski definition) is 1. The normalized spacial score (nSPS) is 9.80. The molecule has 0 saturated carbocycles. The zero-order valence-corrected chi connectivity index (χ0v) is 6.04. The third-order valence-corrected chi connectivity index (χ3v) is 1.44. The second kappa shape index (κ2) is 3.27. The van der Waals surface area contributed by atoms with Crippen LogP contribution < -0.4 is 5.73 Å². The van der Waals surface area contributed by atoms with Gasteiger partial charge < -0.3 is 5.73 Å². The van der Waals surface area contributed by atoms with E-state index < -0.39 is 0 Å². The highest BCUT2D eigenvalue weighted by atomic mass is 14.8.